The van der Waals surface area contributed by atoms with Crippen LogP contribution in [0.2, 0.25) is 0 Å². The highest BCUT2D eigenvalue weighted by Gasteiger charge is 2.38. The Hall–Kier alpha value is -3.62. The van der Waals surface area contributed by atoms with Gasteiger partial charge in [-0.05, 0) is 24.5 Å². The van der Waals surface area contributed by atoms with Gasteiger partial charge in [-0.2, -0.15) is 4.98 Å². The van der Waals surface area contributed by atoms with Crippen LogP contribution in [-0.2, 0) is 12.5 Å². The summed E-state index contributed by atoms with van der Waals surface area (Å²) in [6.07, 6.45) is 8.69. The number of aryl methyl sites for hydroxylation is 1. The molecule has 148 valence electrons. The first kappa shape index (κ1) is 18.7. The molecule has 0 saturated heterocycles. The van der Waals surface area contributed by atoms with Gasteiger partial charge in [-0.15, -0.1) is 0 Å². The Balaban J connectivity index is 1.70. The van der Waals surface area contributed by atoms with E-state index in [4.69, 9.17) is 10.3 Å². The summed E-state index contributed by atoms with van der Waals surface area (Å²) in [6.45, 7) is 6.34. The fraction of sp³-hybridized carbons (Fsp3) is 0.300. The van der Waals surface area contributed by atoms with Crippen molar-refractivity contribution in [1.29, 1.82) is 0 Å². The van der Waals surface area contributed by atoms with Gasteiger partial charge in [0.25, 0.3) is 5.89 Å². The van der Waals surface area contributed by atoms with Crippen LogP contribution in [0, 0.1) is 5.92 Å². The summed E-state index contributed by atoms with van der Waals surface area (Å²) >= 11 is 0. The molecule has 0 aliphatic carbocycles. The smallest absolute Gasteiger partial charge is 0.278 e. The minimum absolute atomic E-state index is 0.198. The molecule has 9 nitrogen and oxygen atoms in total. The van der Waals surface area contributed by atoms with E-state index < -0.39 is 5.41 Å². The van der Waals surface area contributed by atoms with E-state index >= 15 is 0 Å². The lowest BCUT2D eigenvalue weighted by atomic mass is 9.73. The zero-order valence-electron chi connectivity index (χ0n) is 16.7. The number of pyridine rings is 1. The molecule has 0 aliphatic rings. The molecule has 0 spiro atoms. The molecule has 1 unspecified atom stereocenters. The number of imidazole rings is 1. The maximum Gasteiger partial charge on any atom is 0.278 e. The lowest BCUT2D eigenvalue weighted by Crippen LogP contribution is -2.31. The third kappa shape index (κ3) is 3.35. The average Bonchev–Trinajstić information content (AvgIpc) is 3.37. The number of nitrogen functional groups attached to an aromatic ring is 1. The SMILES string of the molecule is CC(C)C(C)(c1ccc(-c2cnc(N)nc2)nc1)c1noc(-c2cn(C)cn2)n1. The first-order valence-electron chi connectivity index (χ1n) is 9.25. The largest absolute Gasteiger partial charge is 0.368 e. The highest BCUT2D eigenvalue weighted by molar-refractivity contribution is 5.57. The van der Waals surface area contributed by atoms with Gasteiger partial charge < -0.3 is 14.8 Å². The van der Waals surface area contributed by atoms with Gasteiger partial charge in [0.2, 0.25) is 5.95 Å². The fourth-order valence-electron chi connectivity index (χ4n) is 3.12. The van der Waals surface area contributed by atoms with E-state index in [1.54, 1.807) is 18.7 Å². The van der Waals surface area contributed by atoms with E-state index in [2.05, 4.69) is 50.8 Å². The molecule has 4 heterocycles. The van der Waals surface area contributed by atoms with Gasteiger partial charge in [0.1, 0.15) is 5.69 Å². The van der Waals surface area contributed by atoms with Gasteiger partial charge in [0, 0.05) is 37.4 Å². The van der Waals surface area contributed by atoms with Gasteiger partial charge in [-0.1, -0.05) is 25.1 Å². The second kappa shape index (κ2) is 7.08. The number of hydrogen-bond acceptors (Lipinski definition) is 8. The maximum absolute atomic E-state index is 5.56. The van der Waals surface area contributed by atoms with Gasteiger partial charge in [0.15, 0.2) is 5.82 Å². The van der Waals surface area contributed by atoms with Crippen molar-refractivity contribution in [2.75, 3.05) is 5.73 Å². The van der Waals surface area contributed by atoms with Gasteiger partial charge >= 0.3 is 0 Å². The molecule has 4 aromatic rings. The number of rotatable bonds is 5. The summed E-state index contributed by atoms with van der Waals surface area (Å²) in [5, 5.41) is 4.26. The van der Waals surface area contributed by atoms with Crippen molar-refractivity contribution >= 4 is 5.95 Å². The standard InChI is InChI=1S/C20H22N8O/c1-12(2)20(3,18-26-17(29-27-18)16-10-28(4)11-25-16)14-5-6-15(22-9-14)13-7-23-19(21)24-8-13/h5-12H,1-4H3,(H2,21,23,24). The first-order valence-corrected chi connectivity index (χ1v) is 9.25. The Labute approximate surface area is 168 Å². The number of nitrogens with two attached hydrogens (primary N) is 1. The highest BCUT2D eigenvalue weighted by atomic mass is 16.5. The van der Waals surface area contributed by atoms with Crippen LogP contribution in [0.4, 0.5) is 5.95 Å². The third-order valence-electron chi connectivity index (χ3n) is 5.30. The van der Waals surface area contributed by atoms with Crippen molar-refractivity contribution in [3.63, 3.8) is 0 Å². The third-order valence-corrected chi connectivity index (χ3v) is 5.30. The minimum atomic E-state index is -0.486. The van der Waals surface area contributed by atoms with Crippen molar-refractivity contribution in [3.8, 4) is 22.8 Å². The molecule has 4 aromatic heterocycles. The van der Waals surface area contributed by atoms with Crippen molar-refractivity contribution in [2.45, 2.75) is 26.2 Å². The predicted molar refractivity (Wildman–Crippen MR) is 107 cm³/mol. The predicted octanol–water partition coefficient (Wildman–Crippen LogP) is 2.87. The number of hydrogen-bond donors (Lipinski definition) is 1. The summed E-state index contributed by atoms with van der Waals surface area (Å²) < 4.78 is 7.34. The molecular weight excluding hydrogens is 368 g/mol. The fourth-order valence-corrected chi connectivity index (χ4v) is 3.12. The first-order chi connectivity index (χ1) is 13.9. The quantitative estimate of drug-likeness (QED) is 0.552. The second-order valence-electron chi connectivity index (χ2n) is 7.47. The van der Waals surface area contributed by atoms with Crippen LogP contribution >= 0.6 is 0 Å². The Morgan fingerprint density at radius 1 is 1.03 bits per heavy atom. The van der Waals surface area contributed by atoms with Crippen LogP contribution in [0.3, 0.4) is 0 Å². The molecule has 2 N–H and O–H groups in total. The van der Waals surface area contributed by atoms with Crippen LogP contribution in [0.5, 0.6) is 0 Å². The Bertz CT molecular complexity index is 1110. The van der Waals surface area contributed by atoms with Crippen LogP contribution in [0.1, 0.15) is 32.2 Å². The lowest BCUT2D eigenvalue weighted by Gasteiger charge is -2.30. The van der Waals surface area contributed by atoms with E-state index in [1.807, 2.05) is 36.1 Å². The molecule has 0 fully saturated rings. The van der Waals surface area contributed by atoms with Crippen LogP contribution < -0.4 is 5.73 Å². The highest BCUT2D eigenvalue weighted by Crippen LogP contribution is 2.38. The minimum Gasteiger partial charge on any atom is -0.368 e. The summed E-state index contributed by atoms with van der Waals surface area (Å²) in [5.74, 6) is 1.43. The molecule has 0 aliphatic heterocycles. The van der Waals surface area contributed by atoms with E-state index in [9.17, 15) is 0 Å². The Morgan fingerprint density at radius 2 is 1.79 bits per heavy atom. The number of nitrogens with zero attached hydrogens (tertiary/aromatic N) is 7. The van der Waals surface area contributed by atoms with E-state index in [0.717, 1.165) is 16.8 Å². The normalized spacial score (nSPS) is 13.6. The molecular formula is C20H22N8O. The molecule has 0 bridgehead atoms. The van der Waals surface area contributed by atoms with Crippen molar-refractivity contribution in [1.82, 2.24) is 34.6 Å². The van der Waals surface area contributed by atoms with E-state index in [-0.39, 0.29) is 11.9 Å². The molecule has 0 saturated carbocycles. The summed E-state index contributed by atoms with van der Waals surface area (Å²) in [7, 11) is 1.89. The molecule has 0 aromatic carbocycles. The Kier molecular flexibility index (Phi) is 4.57. The van der Waals surface area contributed by atoms with Crippen molar-refractivity contribution in [3.05, 3.63) is 54.6 Å². The topological polar surface area (TPSA) is 121 Å². The molecule has 0 amide bonds. The number of aromatic nitrogens is 7. The molecule has 0 radical (unpaired) electrons. The van der Waals surface area contributed by atoms with Gasteiger partial charge in [-0.3, -0.25) is 4.98 Å². The van der Waals surface area contributed by atoms with Crippen molar-refractivity contribution < 1.29 is 4.52 Å². The lowest BCUT2D eigenvalue weighted by molar-refractivity contribution is 0.350. The summed E-state index contributed by atoms with van der Waals surface area (Å²) in [4.78, 5) is 21.6. The monoisotopic (exact) mass is 390 g/mol. The van der Waals surface area contributed by atoms with Gasteiger partial charge in [0.05, 0.1) is 17.4 Å². The second-order valence-corrected chi connectivity index (χ2v) is 7.47. The Morgan fingerprint density at radius 3 is 2.38 bits per heavy atom. The van der Waals surface area contributed by atoms with E-state index in [0.29, 0.717) is 17.4 Å². The molecule has 29 heavy (non-hydrogen) atoms. The summed E-state index contributed by atoms with van der Waals surface area (Å²) in [6, 6.07) is 3.96. The summed E-state index contributed by atoms with van der Waals surface area (Å²) in [5.41, 5.74) is 8.27. The van der Waals surface area contributed by atoms with Crippen LogP contribution in [0.25, 0.3) is 22.8 Å². The van der Waals surface area contributed by atoms with Crippen LogP contribution in [0.15, 0.2) is 47.8 Å². The molecule has 1 atom stereocenters. The molecule has 9 heteroatoms. The molecule has 4 rings (SSSR count). The van der Waals surface area contributed by atoms with Crippen LogP contribution in [-0.4, -0.2) is 34.6 Å². The maximum atomic E-state index is 5.56. The van der Waals surface area contributed by atoms with Crippen molar-refractivity contribution in [2.24, 2.45) is 13.0 Å². The zero-order chi connectivity index (χ0) is 20.6. The average molecular weight is 390 g/mol. The van der Waals surface area contributed by atoms with E-state index in [1.165, 1.54) is 0 Å². The number of anilines is 1. The van der Waals surface area contributed by atoms with Gasteiger partial charge in [-0.25, -0.2) is 15.0 Å². The zero-order valence-corrected chi connectivity index (χ0v) is 16.7.